The molecule has 22 heavy (non-hydrogen) atoms. The third-order valence-corrected chi connectivity index (χ3v) is 3.13. The average molecular weight is 328 g/mol. The van der Waals surface area contributed by atoms with Gasteiger partial charge in [-0.2, -0.15) is 0 Å². The molecular weight excluding hydrogens is 300 g/mol. The Morgan fingerprint density at radius 1 is 0.773 bits per heavy atom. The van der Waals surface area contributed by atoms with Crippen molar-refractivity contribution in [3.8, 4) is 0 Å². The van der Waals surface area contributed by atoms with Gasteiger partial charge in [-0.05, 0) is 0 Å². The fraction of sp³-hybridized carbons (Fsp3) is 0.923. The lowest BCUT2D eigenvalue weighted by Crippen LogP contribution is -2.43. The van der Waals surface area contributed by atoms with E-state index in [1.165, 1.54) is 0 Å². The maximum Gasteiger partial charge on any atom is 0.303 e. The largest absolute Gasteiger partial charge is 0.481 e. The molecule has 0 spiro atoms. The smallest absolute Gasteiger partial charge is 0.303 e. The summed E-state index contributed by atoms with van der Waals surface area (Å²) >= 11 is 0. The molecule has 0 aliphatic heterocycles. The van der Waals surface area contributed by atoms with Gasteiger partial charge in [-0.25, -0.2) is 0 Å². The molecule has 7 N–H and O–H groups in total. The second-order valence-corrected chi connectivity index (χ2v) is 5.19. The Balaban J connectivity index is 0. The minimum atomic E-state index is -1.16. The van der Waals surface area contributed by atoms with Crippen LogP contribution in [-0.2, 0) is 9.53 Å². The zero-order chi connectivity index (χ0) is 17.6. The highest BCUT2D eigenvalue weighted by atomic mass is 16.5. The van der Waals surface area contributed by atoms with Crippen LogP contribution in [0.1, 0.15) is 13.3 Å². The number of ether oxygens (including phenoxy) is 1. The summed E-state index contributed by atoms with van der Waals surface area (Å²) in [4.78, 5) is 9.37. The maximum atomic E-state index is 9.37. The molecule has 0 aliphatic rings. The van der Waals surface area contributed by atoms with Gasteiger partial charge in [0.2, 0.25) is 0 Å². The van der Waals surface area contributed by atoms with Crippen molar-refractivity contribution in [2.45, 2.75) is 13.3 Å². The van der Waals surface area contributed by atoms with Gasteiger partial charge >= 0.3 is 5.97 Å². The lowest BCUT2D eigenvalue weighted by atomic mass is 9.91. The van der Waals surface area contributed by atoms with Gasteiger partial charge in [0, 0.05) is 6.42 Å². The summed E-state index contributed by atoms with van der Waals surface area (Å²) in [5.41, 5.74) is -2.32. The normalized spacial score (nSPS) is 11.8. The monoisotopic (exact) mass is 328 g/mol. The van der Waals surface area contributed by atoms with Crippen molar-refractivity contribution in [1.82, 2.24) is 0 Å². The highest BCUT2D eigenvalue weighted by molar-refractivity contribution is 5.66. The number of carboxylic acids is 1. The van der Waals surface area contributed by atoms with Crippen LogP contribution in [0.3, 0.4) is 0 Å². The maximum absolute atomic E-state index is 9.37. The van der Waals surface area contributed by atoms with E-state index in [-0.39, 0.29) is 19.6 Å². The lowest BCUT2D eigenvalue weighted by molar-refractivity contribution is -0.136. The molecule has 0 radical (unpaired) electrons. The van der Waals surface area contributed by atoms with Gasteiger partial charge in [-0.1, -0.05) is 6.92 Å². The number of hydrogen-bond donors (Lipinski definition) is 7. The van der Waals surface area contributed by atoms with Crippen LogP contribution in [0, 0.1) is 10.8 Å². The van der Waals surface area contributed by atoms with Gasteiger partial charge in [0.05, 0.1) is 63.7 Å². The van der Waals surface area contributed by atoms with Crippen LogP contribution < -0.4 is 0 Å². The molecule has 0 bridgehead atoms. The van der Waals surface area contributed by atoms with E-state index in [1.54, 1.807) is 6.92 Å². The molecule has 0 amide bonds. The molecule has 0 aliphatic carbocycles. The molecule has 0 saturated heterocycles. The Labute approximate surface area is 129 Å². The first-order valence-corrected chi connectivity index (χ1v) is 6.79. The third kappa shape index (κ3) is 8.59. The molecule has 9 nitrogen and oxygen atoms in total. The van der Waals surface area contributed by atoms with Gasteiger partial charge in [0.25, 0.3) is 0 Å². The number of rotatable bonds is 11. The van der Waals surface area contributed by atoms with Crippen molar-refractivity contribution >= 4 is 5.97 Å². The van der Waals surface area contributed by atoms with E-state index in [0.29, 0.717) is 0 Å². The van der Waals surface area contributed by atoms with Gasteiger partial charge in [-0.15, -0.1) is 0 Å². The SMILES string of the molecule is CCC(=O)O.OCC(CO)(CO)COCC(CO)(CO)CO. The Morgan fingerprint density at radius 2 is 1.00 bits per heavy atom. The van der Waals surface area contributed by atoms with Crippen molar-refractivity contribution < 1.29 is 45.3 Å². The predicted molar refractivity (Wildman–Crippen MR) is 76.1 cm³/mol. The fourth-order valence-corrected chi connectivity index (χ4v) is 1.06. The molecule has 0 rings (SSSR count). The molecule has 134 valence electrons. The first-order valence-electron chi connectivity index (χ1n) is 6.79. The van der Waals surface area contributed by atoms with Crippen molar-refractivity contribution in [1.29, 1.82) is 0 Å². The minimum absolute atomic E-state index is 0.141. The molecule has 0 aromatic carbocycles. The van der Waals surface area contributed by atoms with Crippen LogP contribution in [-0.4, -0.2) is 94.6 Å². The number of carbonyl (C=O) groups is 1. The lowest BCUT2D eigenvalue weighted by Gasteiger charge is -2.31. The van der Waals surface area contributed by atoms with Gasteiger partial charge in [0.1, 0.15) is 0 Å². The number of carboxylic acid groups (broad SMARTS) is 1. The molecule has 0 unspecified atom stereocenters. The molecule has 9 heteroatoms. The summed E-state index contributed by atoms with van der Waals surface area (Å²) in [6.07, 6.45) is 0.222. The highest BCUT2D eigenvalue weighted by Crippen LogP contribution is 2.19. The first kappa shape index (κ1) is 23.5. The van der Waals surface area contributed by atoms with E-state index >= 15 is 0 Å². The van der Waals surface area contributed by atoms with E-state index < -0.39 is 56.4 Å². The summed E-state index contributed by atoms with van der Waals surface area (Å²) in [6.45, 7) is -1.41. The van der Waals surface area contributed by atoms with Crippen LogP contribution in [0.4, 0.5) is 0 Å². The van der Waals surface area contributed by atoms with Crippen molar-refractivity contribution in [3.63, 3.8) is 0 Å². The Morgan fingerprint density at radius 3 is 1.14 bits per heavy atom. The van der Waals surface area contributed by atoms with Crippen molar-refractivity contribution in [2.24, 2.45) is 10.8 Å². The predicted octanol–water partition coefficient (Wildman–Crippen LogP) is -2.59. The van der Waals surface area contributed by atoms with E-state index in [4.69, 9.17) is 40.5 Å². The topological polar surface area (TPSA) is 168 Å². The van der Waals surface area contributed by atoms with E-state index in [9.17, 15) is 4.79 Å². The summed E-state index contributed by atoms with van der Waals surface area (Å²) in [5.74, 6) is -0.745. The quantitative estimate of drug-likeness (QED) is 0.215. The van der Waals surface area contributed by atoms with Gasteiger partial charge in [-0.3, -0.25) is 4.79 Å². The molecule has 0 aromatic heterocycles. The van der Waals surface area contributed by atoms with Crippen molar-refractivity contribution in [2.75, 3.05) is 52.9 Å². The van der Waals surface area contributed by atoms with Crippen molar-refractivity contribution in [3.05, 3.63) is 0 Å². The zero-order valence-electron chi connectivity index (χ0n) is 12.8. The summed E-state index contributed by atoms with van der Waals surface area (Å²) in [6, 6.07) is 0. The molecule has 0 aromatic rings. The second kappa shape index (κ2) is 12.7. The fourth-order valence-electron chi connectivity index (χ4n) is 1.06. The van der Waals surface area contributed by atoms with E-state index in [0.717, 1.165) is 0 Å². The van der Waals surface area contributed by atoms with E-state index in [1.807, 2.05) is 0 Å². The first-order chi connectivity index (χ1) is 10.3. The molecular formula is C13H28O9. The van der Waals surface area contributed by atoms with Crippen LogP contribution in [0.15, 0.2) is 0 Å². The third-order valence-electron chi connectivity index (χ3n) is 3.13. The van der Waals surface area contributed by atoms with E-state index in [2.05, 4.69) is 0 Å². The summed E-state index contributed by atoms with van der Waals surface area (Å²) in [5, 5.41) is 61.9. The minimum Gasteiger partial charge on any atom is -0.481 e. The number of aliphatic carboxylic acids is 1. The Hall–Kier alpha value is -0.810. The number of hydrogen-bond acceptors (Lipinski definition) is 8. The zero-order valence-corrected chi connectivity index (χ0v) is 12.8. The van der Waals surface area contributed by atoms with Crippen LogP contribution in [0.5, 0.6) is 0 Å². The molecule has 0 heterocycles. The molecule has 0 fully saturated rings. The van der Waals surface area contributed by atoms with Gasteiger partial charge in [0.15, 0.2) is 0 Å². The van der Waals surface area contributed by atoms with Crippen LogP contribution in [0.2, 0.25) is 0 Å². The van der Waals surface area contributed by atoms with Gasteiger partial charge < -0.3 is 40.5 Å². The number of aliphatic hydroxyl groups is 6. The standard InChI is InChI=1S/C10H22O7.C3H6O2/c11-1-9(2-12,3-13)7-17-8-10(4-14,5-15)6-16;1-2-3(4)5/h11-16H,1-8H2;2H2,1H3,(H,4,5). The average Bonchev–Trinajstić information content (AvgIpc) is 2.57. The summed E-state index contributed by atoms with van der Waals surface area (Å²) < 4.78 is 5.15. The Bertz CT molecular complexity index is 238. The second-order valence-electron chi connectivity index (χ2n) is 5.19. The van der Waals surface area contributed by atoms with Crippen LogP contribution >= 0.6 is 0 Å². The highest BCUT2D eigenvalue weighted by Gasteiger charge is 2.32. The molecule has 0 saturated carbocycles. The Kier molecular flexibility index (Phi) is 13.5. The van der Waals surface area contributed by atoms with Crippen LogP contribution in [0.25, 0.3) is 0 Å². The molecule has 0 atom stereocenters. The number of aliphatic hydroxyl groups excluding tert-OH is 6. The summed E-state index contributed by atoms with van der Waals surface area (Å²) in [7, 11) is 0.